The van der Waals surface area contributed by atoms with Gasteiger partial charge < -0.3 is 14.6 Å². The van der Waals surface area contributed by atoms with Crippen LogP contribution in [0.25, 0.3) is 6.08 Å². The summed E-state index contributed by atoms with van der Waals surface area (Å²) in [4.78, 5) is 31.4. The Morgan fingerprint density at radius 2 is 1.88 bits per heavy atom. The minimum atomic E-state index is -0.656. The first kappa shape index (κ1) is 23.5. The second kappa shape index (κ2) is 9.30. The van der Waals surface area contributed by atoms with Gasteiger partial charge in [0, 0.05) is 0 Å². The number of phenolic OH excluding ortho intramolecular Hbond substituents is 1. The Bertz CT molecular complexity index is 1460. The number of thiazole rings is 1. The molecule has 1 aliphatic heterocycles. The quantitative estimate of drug-likeness (QED) is 0.569. The molecule has 0 amide bonds. The van der Waals surface area contributed by atoms with Crippen LogP contribution in [0.5, 0.6) is 11.5 Å². The average molecular weight is 479 g/mol. The van der Waals surface area contributed by atoms with Crippen molar-refractivity contribution in [2.24, 2.45) is 4.99 Å². The lowest BCUT2D eigenvalue weighted by Crippen LogP contribution is -2.39. The van der Waals surface area contributed by atoms with Crippen LogP contribution < -0.4 is 19.6 Å². The third-order valence-electron chi connectivity index (χ3n) is 5.85. The molecule has 0 unspecified atom stereocenters. The molecule has 1 aromatic heterocycles. The van der Waals surface area contributed by atoms with Crippen LogP contribution >= 0.6 is 11.3 Å². The maximum Gasteiger partial charge on any atom is 0.338 e. The predicted molar refractivity (Wildman–Crippen MR) is 131 cm³/mol. The Hall–Kier alpha value is -3.65. The monoisotopic (exact) mass is 478 g/mol. The fourth-order valence-corrected chi connectivity index (χ4v) is 5.07. The number of esters is 1. The Morgan fingerprint density at radius 3 is 2.47 bits per heavy atom. The molecule has 0 saturated carbocycles. The number of fused-ring (bicyclic) bond motifs is 1. The van der Waals surface area contributed by atoms with Crippen molar-refractivity contribution < 1.29 is 19.4 Å². The average Bonchev–Trinajstić information content (AvgIpc) is 3.12. The molecule has 0 bridgehead atoms. The van der Waals surface area contributed by atoms with Crippen LogP contribution in [0.15, 0.2) is 63.5 Å². The molecule has 34 heavy (non-hydrogen) atoms. The number of hydrogen-bond acceptors (Lipinski definition) is 7. The number of ether oxygens (including phenoxy) is 2. The standard InChI is InChI=1S/C26H26N2O5S/c1-14(2)17-7-9-18(10-8-17)23-22(25(31)33-5)15(3)27-26-28(23)24(30)21(34-26)13-16-6-11-20(32-4)19(29)12-16/h6-14,23,29H,1-5H3/b21-13-/t23-/m1/s1. The van der Waals surface area contributed by atoms with Crippen molar-refractivity contribution in [3.05, 3.63) is 90.1 Å². The third kappa shape index (κ3) is 4.17. The number of nitrogens with zero attached hydrogens (tertiary/aromatic N) is 2. The van der Waals surface area contributed by atoms with E-state index in [0.29, 0.717) is 37.8 Å². The van der Waals surface area contributed by atoms with E-state index in [1.54, 1.807) is 29.7 Å². The van der Waals surface area contributed by atoms with Gasteiger partial charge in [0.2, 0.25) is 0 Å². The molecule has 2 aromatic carbocycles. The topological polar surface area (TPSA) is 90.1 Å². The summed E-state index contributed by atoms with van der Waals surface area (Å²) in [5.41, 5.74) is 3.18. The number of methoxy groups -OCH3 is 2. The molecule has 0 aliphatic carbocycles. The van der Waals surface area contributed by atoms with E-state index in [9.17, 15) is 14.7 Å². The minimum absolute atomic E-state index is 0.0176. The van der Waals surface area contributed by atoms with Crippen LogP contribution in [0.1, 0.15) is 49.4 Å². The summed E-state index contributed by atoms with van der Waals surface area (Å²) in [6.07, 6.45) is 1.69. The summed E-state index contributed by atoms with van der Waals surface area (Å²) in [5, 5.41) is 10.1. The summed E-state index contributed by atoms with van der Waals surface area (Å²) in [5.74, 6) is 0.167. The summed E-state index contributed by atoms with van der Waals surface area (Å²) in [7, 11) is 2.80. The van der Waals surface area contributed by atoms with Gasteiger partial charge in [0.15, 0.2) is 16.3 Å². The molecule has 176 valence electrons. The summed E-state index contributed by atoms with van der Waals surface area (Å²) < 4.78 is 12.1. The highest BCUT2D eigenvalue weighted by molar-refractivity contribution is 7.07. The van der Waals surface area contributed by atoms with Crippen LogP contribution in [0, 0.1) is 0 Å². The molecule has 0 saturated heterocycles. The smallest absolute Gasteiger partial charge is 0.338 e. The normalized spacial score (nSPS) is 15.8. The third-order valence-corrected chi connectivity index (χ3v) is 6.83. The number of rotatable bonds is 5. The Morgan fingerprint density at radius 1 is 1.18 bits per heavy atom. The van der Waals surface area contributed by atoms with Crippen LogP contribution in [0.3, 0.4) is 0 Å². The van der Waals surface area contributed by atoms with Crippen molar-refractivity contribution >= 4 is 23.4 Å². The van der Waals surface area contributed by atoms with E-state index in [1.807, 2.05) is 24.3 Å². The van der Waals surface area contributed by atoms with Crippen molar-refractivity contribution in [2.45, 2.75) is 32.7 Å². The highest BCUT2D eigenvalue weighted by atomic mass is 32.1. The highest BCUT2D eigenvalue weighted by Gasteiger charge is 2.33. The van der Waals surface area contributed by atoms with Crippen LogP contribution in [-0.2, 0) is 9.53 Å². The Balaban J connectivity index is 1.92. The SMILES string of the molecule is COC(=O)C1=C(C)N=c2s/c(=C\c3ccc(OC)c(O)c3)c(=O)n2[C@@H]1c1ccc(C(C)C)cc1. The number of allylic oxidation sites excluding steroid dienone is 1. The molecular weight excluding hydrogens is 452 g/mol. The van der Waals surface area contributed by atoms with Gasteiger partial charge in [-0.2, -0.15) is 0 Å². The van der Waals surface area contributed by atoms with E-state index in [-0.39, 0.29) is 11.3 Å². The zero-order valence-corrected chi connectivity index (χ0v) is 20.5. The second-order valence-corrected chi connectivity index (χ2v) is 9.34. The number of aromatic nitrogens is 1. The van der Waals surface area contributed by atoms with Crippen molar-refractivity contribution in [1.82, 2.24) is 4.57 Å². The Kier molecular flexibility index (Phi) is 6.43. The molecule has 0 spiro atoms. The van der Waals surface area contributed by atoms with Crippen LogP contribution in [0.2, 0.25) is 0 Å². The van der Waals surface area contributed by atoms with E-state index in [1.165, 1.54) is 31.6 Å². The van der Waals surface area contributed by atoms with Crippen LogP contribution in [-0.4, -0.2) is 29.9 Å². The van der Waals surface area contributed by atoms with E-state index in [0.717, 1.165) is 11.1 Å². The van der Waals surface area contributed by atoms with Gasteiger partial charge in [-0.1, -0.05) is 55.5 Å². The minimum Gasteiger partial charge on any atom is -0.504 e. The molecule has 3 aromatic rings. The fourth-order valence-electron chi connectivity index (χ4n) is 4.02. The molecular formula is C26H26N2O5S. The molecule has 4 rings (SSSR count). The van der Waals surface area contributed by atoms with Gasteiger partial charge in [0.05, 0.1) is 36.1 Å². The zero-order chi connectivity index (χ0) is 24.6. The van der Waals surface area contributed by atoms with Gasteiger partial charge >= 0.3 is 5.97 Å². The van der Waals surface area contributed by atoms with E-state index in [4.69, 9.17) is 9.47 Å². The number of carbonyl (C=O) groups excluding carboxylic acids is 1. The maximum atomic E-state index is 13.6. The number of carbonyl (C=O) groups is 1. The van der Waals surface area contributed by atoms with Gasteiger partial charge in [0.25, 0.3) is 5.56 Å². The first-order valence-electron chi connectivity index (χ1n) is 10.8. The summed E-state index contributed by atoms with van der Waals surface area (Å²) in [6.45, 7) is 5.97. The van der Waals surface area contributed by atoms with Crippen LogP contribution in [0.4, 0.5) is 0 Å². The molecule has 0 fully saturated rings. The van der Waals surface area contributed by atoms with Gasteiger partial charge in [-0.3, -0.25) is 9.36 Å². The molecule has 1 N–H and O–H groups in total. The van der Waals surface area contributed by atoms with E-state index in [2.05, 4.69) is 18.8 Å². The zero-order valence-electron chi connectivity index (χ0n) is 19.7. The summed E-state index contributed by atoms with van der Waals surface area (Å²) in [6, 6.07) is 12.2. The van der Waals surface area contributed by atoms with E-state index >= 15 is 0 Å². The van der Waals surface area contributed by atoms with Gasteiger partial charge in [-0.25, -0.2) is 9.79 Å². The maximum absolute atomic E-state index is 13.6. The van der Waals surface area contributed by atoms with Crippen molar-refractivity contribution in [1.29, 1.82) is 0 Å². The van der Waals surface area contributed by atoms with E-state index < -0.39 is 12.0 Å². The molecule has 8 heteroatoms. The largest absolute Gasteiger partial charge is 0.504 e. The molecule has 2 heterocycles. The fraction of sp³-hybridized carbons (Fsp3) is 0.269. The lowest BCUT2D eigenvalue weighted by atomic mass is 9.93. The lowest BCUT2D eigenvalue weighted by molar-refractivity contribution is -0.136. The first-order valence-corrected chi connectivity index (χ1v) is 11.6. The number of hydrogen-bond donors (Lipinski definition) is 1. The van der Waals surface area contributed by atoms with Gasteiger partial charge in [0.1, 0.15) is 0 Å². The van der Waals surface area contributed by atoms with Gasteiger partial charge in [-0.15, -0.1) is 0 Å². The van der Waals surface area contributed by atoms with Crippen molar-refractivity contribution in [2.75, 3.05) is 14.2 Å². The lowest BCUT2D eigenvalue weighted by Gasteiger charge is -2.24. The Labute approximate surface area is 200 Å². The van der Waals surface area contributed by atoms with Gasteiger partial charge in [-0.05, 0) is 47.7 Å². The number of phenols is 1. The number of benzene rings is 2. The summed E-state index contributed by atoms with van der Waals surface area (Å²) >= 11 is 1.23. The number of aromatic hydroxyl groups is 1. The molecule has 7 nitrogen and oxygen atoms in total. The van der Waals surface area contributed by atoms with Crippen molar-refractivity contribution in [3.8, 4) is 11.5 Å². The predicted octanol–water partition coefficient (Wildman–Crippen LogP) is 3.25. The molecule has 1 aliphatic rings. The highest BCUT2D eigenvalue weighted by Crippen LogP contribution is 2.31. The first-order chi connectivity index (χ1) is 16.2. The van der Waals surface area contributed by atoms with Crippen molar-refractivity contribution in [3.63, 3.8) is 0 Å². The molecule has 1 atom stereocenters. The molecule has 0 radical (unpaired) electrons. The second-order valence-electron chi connectivity index (χ2n) is 8.33.